The summed E-state index contributed by atoms with van der Waals surface area (Å²) in [5.41, 5.74) is 1.86. The Bertz CT molecular complexity index is 1060. The van der Waals surface area contributed by atoms with Crippen molar-refractivity contribution in [2.24, 2.45) is 0 Å². The van der Waals surface area contributed by atoms with Crippen molar-refractivity contribution in [2.75, 3.05) is 19.8 Å². The number of carbonyl (C=O) groups is 3. The van der Waals surface area contributed by atoms with Gasteiger partial charge in [0, 0.05) is 6.54 Å². The summed E-state index contributed by atoms with van der Waals surface area (Å²) in [6.07, 6.45) is 2.86. The van der Waals surface area contributed by atoms with Crippen LogP contribution in [0.25, 0.3) is 6.08 Å². The SMILES string of the molecule is C=CCN1C(=O)NC(=O)/C(=C/c2ccc(OCCOc3ccc(C(C)(C)C)cc3)cc2)C1=O. The zero-order chi connectivity index (χ0) is 24.0. The number of benzene rings is 2. The van der Waals surface area contributed by atoms with Gasteiger partial charge in [0.15, 0.2) is 0 Å². The van der Waals surface area contributed by atoms with Gasteiger partial charge in [-0.2, -0.15) is 0 Å². The van der Waals surface area contributed by atoms with Gasteiger partial charge in [0.25, 0.3) is 11.8 Å². The van der Waals surface area contributed by atoms with Crippen LogP contribution in [0.5, 0.6) is 11.5 Å². The molecule has 0 aliphatic carbocycles. The molecule has 7 nitrogen and oxygen atoms in total. The third-order valence-electron chi connectivity index (χ3n) is 5.03. The predicted octanol–water partition coefficient (Wildman–Crippen LogP) is 4.09. The number of barbiturate groups is 1. The molecule has 1 N–H and O–H groups in total. The first-order valence-corrected chi connectivity index (χ1v) is 10.6. The van der Waals surface area contributed by atoms with Gasteiger partial charge in [-0.15, -0.1) is 6.58 Å². The molecule has 0 aromatic heterocycles. The molecular formula is C26H28N2O5. The highest BCUT2D eigenvalue weighted by Gasteiger charge is 2.34. The van der Waals surface area contributed by atoms with Crippen molar-refractivity contribution in [1.29, 1.82) is 0 Å². The first-order chi connectivity index (χ1) is 15.7. The number of hydrogen-bond donors (Lipinski definition) is 1. The van der Waals surface area contributed by atoms with E-state index in [-0.39, 0.29) is 17.5 Å². The molecular weight excluding hydrogens is 420 g/mol. The third kappa shape index (κ3) is 6.10. The fourth-order valence-corrected chi connectivity index (χ4v) is 3.19. The number of rotatable bonds is 8. The topological polar surface area (TPSA) is 84.9 Å². The van der Waals surface area contributed by atoms with E-state index < -0.39 is 17.8 Å². The van der Waals surface area contributed by atoms with Crippen molar-refractivity contribution in [3.63, 3.8) is 0 Å². The molecule has 2 aromatic rings. The van der Waals surface area contributed by atoms with Gasteiger partial charge in [0.2, 0.25) is 0 Å². The van der Waals surface area contributed by atoms with Crippen molar-refractivity contribution in [3.8, 4) is 11.5 Å². The number of urea groups is 1. The van der Waals surface area contributed by atoms with Crippen LogP contribution >= 0.6 is 0 Å². The zero-order valence-electron chi connectivity index (χ0n) is 19.1. The van der Waals surface area contributed by atoms with Crippen LogP contribution in [0.4, 0.5) is 4.79 Å². The van der Waals surface area contributed by atoms with Crippen LogP contribution in [0.3, 0.4) is 0 Å². The fourth-order valence-electron chi connectivity index (χ4n) is 3.19. The van der Waals surface area contributed by atoms with Crippen molar-refractivity contribution < 1.29 is 23.9 Å². The number of nitrogens with one attached hydrogen (secondary N) is 1. The lowest BCUT2D eigenvalue weighted by molar-refractivity contribution is -0.129. The van der Waals surface area contributed by atoms with Gasteiger partial charge in [-0.1, -0.05) is 51.1 Å². The van der Waals surface area contributed by atoms with E-state index in [1.54, 1.807) is 24.3 Å². The maximum Gasteiger partial charge on any atom is 0.331 e. The second kappa shape index (κ2) is 10.2. The summed E-state index contributed by atoms with van der Waals surface area (Å²) in [7, 11) is 0. The molecule has 0 saturated carbocycles. The van der Waals surface area contributed by atoms with Crippen LogP contribution in [0.15, 0.2) is 66.8 Å². The Morgan fingerprint density at radius 3 is 1.97 bits per heavy atom. The summed E-state index contributed by atoms with van der Waals surface area (Å²) >= 11 is 0. The average molecular weight is 449 g/mol. The van der Waals surface area contributed by atoms with Gasteiger partial charge >= 0.3 is 6.03 Å². The maximum absolute atomic E-state index is 12.5. The molecule has 1 saturated heterocycles. The van der Waals surface area contributed by atoms with E-state index in [1.165, 1.54) is 17.7 Å². The Hall–Kier alpha value is -3.87. The Balaban J connectivity index is 1.54. The molecule has 1 aliphatic heterocycles. The molecule has 1 aliphatic rings. The van der Waals surface area contributed by atoms with Crippen molar-refractivity contribution >= 4 is 23.9 Å². The minimum Gasteiger partial charge on any atom is -0.490 e. The third-order valence-corrected chi connectivity index (χ3v) is 5.03. The first-order valence-electron chi connectivity index (χ1n) is 10.6. The molecule has 0 radical (unpaired) electrons. The molecule has 0 unspecified atom stereocenters. The molecule has 0 spiro atoms. The summed E-state index contributed by atoms with van der Waals surface area (Å²) < 4.78 is 11.4. The summed E-state index contributed by atoms with van der Waals surface area (Å²) in [5.74, 6) is 0.0367. The van der Waals surface area contributed by atoms with Gasteiger partial charge in [-0.3, -0.25) is 19.8 Å². The number of nitrogens with zero attached hydrogens (tertiary/aromatic N) is 1. The summed E-state index contributed by atoms with van der Waals surface area (Å²) in [6.45, 7) is 10.8. The molecule has 7 heteroatoms. The molecule has 0 atom stereocenters. The molecule has 4 amide bonds. The lowest BCUT2D eigenvalue weighted by Gasteiger charge is -2.25. The monoisotopic (exact) mass is 448 g/mol. The molecule has 33 heavy (non-hydrogen) atoms. The highest BCUT2D eigenvalue weighted by Crippen LogP contribution is 2.24. The number of ether oxygens (including phenoxy) is 2. The fraction of sp³-hybridized carbons (Fsp3) is 0.269. The molecule has 0 bridgehead atoms. The van der Waals surface area contributed by atoms with Crippen LogP contribution in [-0.2, 0) is 15.0 Å². The second-order valence-electron chi connectivity index (χ2n) is 8.56. The average Bonchev–Trinajstić information content (AvgIpc) is 2.78. The van der Waals surface area contributed by atoms with Gasteiger partial charge in [-0.05, 0) is 46.9 Å². The number of imide groups is 2. The molecule has 3 rings (SSSR count). The molecule has 172 valence electrons. The smallest absolute Gasteiger partial charge is 0.331 e. The zero-order valence-corrected chi connectivity index (χ0v) is 19.1. The Morgan fingerprint density at radius 2 is 1.45 bits per heavy atom. The van der Waals surface area contributed by atoms with E-state index >= 15 is 0 Å². The molecule has 1 fully saturated rings. The molecule has 1 heterocycles. The second-order valence-corrected chi connectivity index (χ2v) is 8.56. The van der Waals surface area contributed by atoms with Gasteiger partial charge in [0.05, 0.1) is 0 Å². The van der Waals surface area contributed by atoms with E-state index in [2.05, 4.69) is 44.8 Å². The van der Waals surface area contributed by atoms with E-state index in [4.69, 9.17) is 9.47 Å². The predicted molar refractivity (Wildman–Crippen MR) is 126 cm³/mol. The minimum atomic E-state index is -0.752. The van der Waals surface area contributed by atoms with Crippen LogP contribution in [0.2, 0.25) is 0 Å². The number of amides is 4. The van der Waals surface area contributed by atoms with Gasteiger partial charge < -0.3 is 9.47 Å². The van der Waals surface area contributed by atoms with Crippen LogP contribution < -0.4 is 14.8 Å². The standard InChI is InChI=1S/C26H28N2O5/c1-5-14-28-24(30)22(23(29)27-25(28)31)17-18-6-10-20(11-7-18)32-15-16-33-21-12-8-19(9-13-21)26(2,3)4/h5-13,17H,1,14-16H2,2-4H3,(H,27,29,31)/b22-17-. The number of hydrogen-bond acceptors (Lipinski definition) is 5. The quantitative estimate of drug-likeness (QED) is 0.285. The van der Waals surface area contributed by atoms with Crippen molar-refractivity contribution in [1.82, 2.24) is 10.2 Å². The number of carbonyl (C=O) groups excluding carboxylic acids is 3. The van der Waals surface area contributed by atoms with E-state index in [0.717, 1.165) is 10.6 Å². The molecule has 2 aromatic carbocycles. The Morgan fingerprint density at radius 1 is 0.909 bits per heavy atom. The van der Waals surface area contributed by atoms with E-state index in [9.17, 15) is 14.4 Å². The lowest BCUT2D eigenvalue weighted by Crippen LogP contribution is -2.54. The Labute approximate surface area is 193 Å². The minimum absolute atomic E-state index is 0.0187. The lowest BCUT2D eigenvalue weighted by atomic mass is 9.87. The van der Waals surface area contributed by atoms with Gasteiger partial charge in [-0.25, -0.2) is 4.79 Å². The maximum atomic E-state index is 12.5. The van der Waals surface area contributed by atoms with Crippen LogP contribution in [0.1, 0.15) is 31.9 Å². The Kier molecular flexibility index (Phi) is 7.33. The summed E-state index contributed by atoms with van der Waals surface area (Å²) in [6, 6.07) is 14.2. The summed E-state index contributed by atoms with van der Waals surface area (Å²) in [4.78, 5) is 37.3. The largest absolute Gasteiger partial charge is 0.490 e. The van der Waals surface area contributed by atoms with E-state index in [1.807, 2.05) is 12.1 Å². The van der Waals surface area contributed by atoms with Crippen LogP contribution in [-0.4, -0.2) is 42.5 Å². The van der Waals surface area contributed by atoms with Crippen LogP contribution in [0, 0.1) is 0 Å². The highest BCUT2D eigenvalue weighted by atomic mass is 16.5. The highest BCUT2D eigenvalue weighted by molar-refractivity contribution is 6.31. The summed E-state index contributed by atoms with van der Waals surface area (Å²) in [5, 5.41) is 2.16. The van der Waals surface area contributed by atoms with E-state index in [0.29, 0.717) is 24.5 Å². The first kappa shape index (κ1) is 23.8. The van der Waals surface area contributed by atoms with Gasteiger partial charge in [0.1, 0.15) is 30.3 Å². The van der Waals surface area contributed by atoms with Crippen molar-refractivity contribution in [3.05, 3.63) is 77.9 Å². The normalized spacial score (nSPS) is 15.4. The van der Waals surface area contributed by atoms with Crippen molar-refractivity contribution in [2.45, 2.75) is 26.2 Å².